The summed E-state index contributed by atoms with van der Waals surface area (Å²) in [7, 11) is 3.79. The lowest BCUT2D eigenvalue weighted by Gasteiger charge is -2.44. The molecule has 1 aromatic rings. The molecule has 2 bridgehead atoms. The SMILES string of the molecule is CN(C)c1nc(N)c(C(=O)NC2CN3CCC2CC3)s1. The molecule has 0 aliphatic carbocycles. The van der Waals surface area contributed by atoms with Crippen LogP contribution in [0.4, 0.5) is 10.9 Å². The van der Waals surface area contributed by atoms with Crippen molar-refractivity contribution in [3.8, 4) is 0 Å². The summed E-state index contributed by atoms with van der Waals surface area (Å²) in [6.45, 7) is 3.31. The Kier molecular flexibility index (Phi) is 3.55. The number of carbonyl (C=O) groups excluding carboxylic acids is 1. The Bertz CT molecular complexity index is 507. The van der Waals surface area contributed by atoms with Crippen molar-refractivity contribution in [1.82, 2.24) is 15.2 Å². The van der Waals surface area contributed by atoms with Crippen molar-refractivity contribution >= 4 is 28.2 Å². The van der Waals surface area contributed by atoms with E-state index in [0.717, 1.165) is 11.7 Å². The van der Waals surface area contributed by atoms with Crippen molar-refractivity contribution in [2.75, 3.05) is 44.4 Å². The van der Waals surface area contributed by atoms with Crippen LogP contribution in [0.15, 0.2) is 0 Å². The number of thiazole rings is 1. The molecule has 3 aliphatic heterocycles. The molecule has 3 N–H and O–H groups in total. The summed E-state index contributed by atoms with van der Waals surface area (Å²) in [6.07, 6.45) is 2.37. The predicted octanol–water partition coefficient (Wildman–Crippen LogP) is 0.615. The Balaban J connectivity index is 1.70. The summed E-state index contributed by atoms with van der Waals surface area (Å²) < 4.78 is 0. The molecule has 0 radical (unpaired) electrons. The van der Waals surface area contributed by atoms with Gasteiger partial charge >= 0.3 is 0 Å². The number of nitrogens with one attached hydrogen (secondary N) is 1. The number of carbonyl (C=O) groups is 1. The van der Waals surface area contributed by atoms with Crippen molar-refractivity contribution in [2.24, 2.45) is 5.92 Å². The lowest BCUT2D eigenvalue weighted by molar-refractivity contribution is 0.0623. The minimum atomic E-state index is -0.0770. The van der Waals surface area contributed by atoms with Gasteiger partial charge in [0.25, 0.3) is 5.91 Å². The van der Waals surface area contributed by atoms with Gasteiger partial charge in [-0.05, 0) is 31.8 Å². The van der Waals surface area contributed by atoms with E-state index in [4.69, 9.17) is 5.73 Å². The number of aromatic nitrogens is 1. The average molecular weight is 295 g/mol. The summed E-state index contributed by atoms with van der Waals surface area (Å²) in [4.78, 5) is 21.4. The quantitative estimate of drug-likeness (QED) is 0.855. The Hall–Kier alpha value is -1.34. The van der Waals surface area contributed by atoms with Crippen LogP contribution in [0.1, 0.15) is 22.5 Å². The van der Waals surface area contributed by atoms with Gasteiger partial charge in [0.1, 0.15) is 10.7 Å². The molecule has 1 atom stereocenters. The maximum atomic E-state index is 12.4. The average Bonchev–Trinajstić information content (AvgIpc) is 2.82. The third-order valence-electron chi connectivity index (χ3n) is 4.20. The highest BCUT2D eigenvalue weighted by Crippen LogP contribution is 2.30. The first-order chi connectivity index (χ1) is 9.54. The first kappa shape index (κ1) is 13.6. The molecule has 6 nitrogen and oxygen atoms in total. The molecule has 3 fully saturated rings. The van der Waals surface area contributed by atoms with Crippen LogP contribution in [-0.4, -0.2) is 55.6 Å². The number of nitrogens with two attached hydrogens (primary N) is 1. The zero-order valence-electron chi connectivity index (χ0n) is 11.9. The van der Waals surface area contributed by atoms with E-state index in [1.54, 1.807) is 0 Å². The number of nitrogens with zero attached hydrogens (tertiary/aromatic N) is 3. The fourth-order valence-electron chi connectivity index (χ4n) is 3.04. The van der Waals surface area contributed by atoms with E-state index in [2.05, 4.69) is 15.2 Å². The fourth-order valence-corrected chi connectivity index (χ4v) is 3.85. The number of hydrogen-bond donors (Lipinski definition) is 2. The molecule has 7 heteroatoms. The normalized spacial score (nSPS) is 28.4. The van der Waals surface area contributed by atoms with Crippen LogP contribution in [-0.2, 0) is 0 Å². The Morgan fingerprint density at radius 3 is 2.65 bits per heavy atom. The lowest BCUT2D eigenvalue weighted by Crippen LogP contribution is -2.57. The van der Waals surface area contributed by atoms with Crippen LogP contribution in [0.5, 0.6) is 0 Å². The standard InChI is InChI=1S/C13H21N5OS/c1-17(2)13-16-11(14)10(20-13)12(19)15-9-7-18-5-3-8(9)4-6-18/h8-9H,3-7,14H2,1-2H3,(H,15,19). The van der Waals surface area contributed by atoms with Crippen molar-refractivity contribution in [1.29, 1.82) is 0 Å². The maximum absolute atomic E-state index is 12.4. The second kappa shape index (κ2) is 5.21. The zero-order chi connectivity index (χ0) is 14.3. The van der Waals surface area contributed by atoms with E-state index >= 15 is 0 Å². The number of anilines is 2. The molecule has 110 valence electrons. The van der Waals surface area contributed by atoms with Gasteiger partial charge < -0.3 is 20.9 Å². The Morgan fingerprint density at radius 1 is 1.45 bits per heavy atom. The molecule has 0 spiro atoms. The molecular formula is C13H21N5OS. The molecule has 3 aliphatic rings. The number of fused-ring (bicyclic) bond motifs is 3. The largest absolute Gasteiger partial charge is 0.382 e. The van der Waals surface area contributed by atoms with E-state index in [0.29, 0.717) is 16.6 Å². The maximum Gasteiger partial charge on any atom is 0.265 e. The van der Waals surface area contributed by atoms with Crippen molar-refractivity contribution in [3.63, 3.8) is 0 Å². The molecule has 1 aromatic heterocycles. The highest BCUT2D eigenvalue weighted by Gasteiger charge is 2.35. The minimum Gasteiger partial charge on any atom is -0.382 e. The van der Waals surface area contributed by atoms with Gasteiger partial charge in [0.15, 0.2) is 5.13 Å². The third kappa shape index (κ3) is 2.47. The molecule has 0 aromatic carbocycles. The van der Waals surface area contributed by atoms with Gasteiger partial charge in [-0.3, -0.25) is 4.79 Å². The van der Waals surface area contributed by atoms with Gasteiger partial charge in [0.05, 0.1) is 0 Å². The van der Waals surface area contributed by atoms with Crippen LogP contribution < -0.4 is 16.0 Å². The molecule has 3 saturated heterocycles. The summed E-state index contributed by atoms with van der Waals surface area (Å²) in [6, 6.07) is 0.259. The van der Waals surface area contributed by atoms with Gasteiger partial charge in [0.2, 0.25) is 0 Å². The lowest BCUT2D eigenvalue weighted by atomic mass is 9.84. The van der Waals surface area contributed by atoms with Crippen LogP contribution >= 0.6 is 11.3 Å². The van der Waals surface area contributed by atoms with E-state index in [1.807, 2.05) is 19.0 Å². The molecule has 20 heavy (non-hydrogen) atoms. The fraction of sp³-hybridized carbons (Fsp3) is 0.692. The number of amides is 1. The highest BCUT2D eigenvalue weighted by molar-refractivity contribution is 7.18. The van der Waals surface area contributed by atoms with Crippen molar-refractivity contribution < 1.29 is 4.79 Å². The van der Waals surface area contributed by atoms with Crippen LogP contribution in [0.25, 0.3) is 0 Å². The van der Waals surface area contributed by atoms with Crippen LogP contribution in [0, 0.1) is 5.92 Å². The monoisotopic (exact) mass is 295 g/mol. The Morgan fingerprint density at radius 2 is 2.15 bits per heavy atom. The second-order valence-corrected chi connectivity index (χ2v) is 6.80. The van der Waals surface area contributed by atoms with E-state index in [1.165, 1.54) is 37.3 Å². The van der Waals surface area contributed by atoms with Crippen molar-refractivity contribution in [2.45, 2.75) is 18.9 Å². The van der Waals surface area contributed by atoms with E-state index in [9.17, 15) is 4.79 Å². The first-order valence-electron chi connectivity index (χ1n) is 7.01. The predicted molar refractivity (Wildman–Crippen MR) is 81.3 cm³/mol. The van der Waals surface area contributed by atoms with Gasteiger partial charge in [0, 0.05) is 26.7 Å². The van der Waals surface area contributed by atoms with Gasteiger partial charge in [-0.1, -0.05) is 11.3 Å². The summed E-state index contributed by atoms with van der Waals surface area (Å²) >= 11 is 1.35. The molecule has 4 rings (SSSR count). The molecule has 1 amide bonds. The first-order valence-corrected chi connectivity index (χ1v) is 7.83. The number of piperidine rings is 3. The number of hydrogen-bond acceptors (Lipinski definition) is 6. The summed E-state index contributed by atoms with van der Waals surface area (Å²) in [5.74, 6) is 0.871. The number of rotatable bonds is 3. The van der Waals surface area contributed by atoms with Gasteiger partial charge in [-0.2, -0.15) is 0 Å². The molecular weight excluding hydrogens is 274 g/mol. The summed E-state index contributed by atoms with van der Waals surface area (Å²) in [5.41, 5.74) is 5.86. The number of nitrogen functional groups attached to an aromatic ring is 1. The molecule has 0 saturated carbocycles. The van der Waals surface area contributed by atoms with Crippen molar-refractivity contribution in [3.05, 3.63) is 4.88 Å². The summed E-state index contributed by atoms with van der Waals surface area (Å²) in [5, 5.41) is 3.92. The van der Waals surface area contributed by atoms with Gasteiger partial charge in [-0.15, -0.1) is 0 Å². The topological polar surface area (TPSA) is 74.5 Å². The minimum absolute atomic E-state index is 0.0770. The van der Waals surface area contributed by atoms with E-state index in [-0.39, 0.29) is 11.9 Å². The second-order valence-electron chi connectivity index (χ2n) is 5.82. The van der Waals surface area contributed by atoms with Crippen LogP contribution in [0.2, 0.25) is 0 Å². The molecule has 4 heterocycles. The van der Waals surface area contributed by atoms with E-state index < -0.39 is 0 Å². The smallest absolute Gasteiger partial charge is 0.265 e. The molecule has 1 unspecified atom stereocenters. The van der Waals surface area contributed by atoms with Gasteiger partial charge in [-0.25, -0.2) is 4.98 Å². The third-order valence-corrected chi connectivity index (χ3v) is 5.44. The highest BCUT2D eigenvalue weighted by atomic mass is 32.1. The Labute approximate surface area is 123 Å². The van der Waals surface area contributed by atoms with Crippen LogP contribution in [0.3, 0.4) is 0 Å². The zero-order valence-corrected chi connectivity index (χ0v) is 12.7.